The van der Waals surface area contributed by atoms with Gasteiger partial charge in [-0.25, -0.2) is 4.98 Å². The zero-order chi connectivity index (χ0) is 14.1. The molecule has 108 valence electrons. The molecule has 1 aromatic carbocycles. The Balaban J connectivity index is 2.14. The highest BCUT2D eigenvalue weighted by Gasteiger charge is 2.22. The number of hydrogen-bond acceptors (Lipinski definition) is 2. The van der Waals surface area contributed by atoms with Crippen LogP contribution >= 0.6 is 34.8 Å². The van der Waals surface area contributed by atoms with Crippen LogP contribution in [0.25, 0.3) is 11.0 Å². The van der Waals surface area contributed by atoms with E-state index in [2.05, 4.69) is 9.55 Å². The van der Waals surface area contributed by atoms with Gasteiger partial charge in [0.15, 0.2) is 0 Å². The molecule has 1 aliphatic rings. The maximum atomic E-state index is 6.15. The van der Waals surface area contributed by atoms with Crippen LogP contribution in [0.5, 0.6) is 0 Å². The number of aryl methyl sites for hydroxylation is 1. The Kier molecular flexibility index (Phi) is 4.41. The number of benzene rings is 1. The smallest absolute Gasteiger partial charge is 0.111 e. The number of aromatic nitrogens is 2. The van der Waals surface area contributed by atoms with E-state index >= 15 is 0 Å². The van der Waals surface area contributed by atoms with Crippen LogP contribution < -0.4 is 0 Å². The summed E-state index contributed by atoms with van der Waals surface area (Å²) < 4.78 is 7.82. The molecule has 1 aromatic heterocycles. The van der Waals surface area contributed by atoms with Gasteiger partial charge in [0.05, 0.1) is 33.7 Å². The number of hydrogen-bond donors (Lipinski definition) is 0. The molecule has 0 amide bonds. The number of fused-ring (bicyclic) bond motifs is 1. The van der Waals surface area contributed by atoms with Crippen molar-refractivity contribution < 1.29 is 4.74 Å². The lowest BCUT2D eigenvalue weighted by molar-refractivity contribution is 0.0596. The molecular formula is C14H15Cl3N2O. The standard InChI is InChI=1S/C14H15Cl3N2O/c15-4-3-14-18-12-6-10(16)11(17)7-13(12)19(14)9-2-1-5-20-8-9/h6-7,9H,1-5,8H2. The molecular weight excluding hydrogens is 319 g/mol. The van der Waals surface area contributed by atoms with Crippen molar-refractivity contribution in [3.63, 3.8) is 0 Å². The van der Waals surface area contributed by atoms with E-state index in [-0.39, 0.29) is 0 Å². The topological polar surface area (TPSA) is 27.1 Å². The van der Waals surface area contributed by atoms with Gasteiger partial charge in [0.2, 0.25) is 0 Å². The third-order valence-corrected chi connectivity index (χ3v) is 4.54. The largest absolute Gasteiger partial charge is 0.379 e. The molecule has 1 unspecified atom stereocenters. The number of rotatable bonds is 3. The molecule has 0 radical (unpaired) electrons. The van der Waals surface area contributed by atoms with Crippen molar-refractivity contribution in [1.82, 2.24) is 9.55 Å². The van der Waals surface area contributed by atoms with Crippen LogP contribution in [0.3, 0.4) is 0 Å². The molecule has 1 aliphatic heterocycles. The van der Waals surface area contributed by atoms with E-state index in [4.69, 9.17) is 39.5 Å². The molecule has 0 N–H and O–H groups in total. The van der Waals surface area contributed by atoms with Crippen LogP contribution in [0.2, 0.25) is 10.0 Å². The molecule has 3 rings (SSSR count). The van der Waals surface area contributed by atoms with Gasteiger partial charge in [0, 0.05) is 18.9 Å². The highest BCUT2D eigenvalue weighted by Crippen LogP contribution is 2.32. The summed E-state index contributed by atoms with van der Waals surface area (Å²) in [5, 5.41) is 1.08. The predicted octanol–water partition coefficient (Wildman–Crippen LogP) is 4.48. The van der Waals surface area contributed by atoms with Gasteiger partial charge in [-0.1, -0.05) is 23.2 Å². The first-order chi connectivity index (χ1) is 9.70. The Morgan fingerprint density at radius 2 is 2.10 bits per heavy atom. The molecule has 0 aliphatic carbocycles. The summed E-state index contributed by atoms with van der Waals surface area (Å²) in [4.78, 5) is 4.66. The number of halogens is 3. The highest BCUT2D eigenvalue weighted by atomic mass is 35.5. The van der Waals surface area contributed by atoms with Gasteiger partial charge in [-0.2, -0.15) is 0 Å². The molecule has 20 heavy (non-hydrogen) atoms. The molecule has 0 spiro atoms. The van der Waals surface area contributed by atoms with Crippen molar-refractivity contribution in [2.45, 2.75) is 25.3 Å². The highest BCUT2D eigenvalue weighted by molar-refractivity contribution is 6.42. The summed E-state index contributed by atoms with van der Waals surface area (Å²) in [7, 11) is 0. The minimum absolute atomic E-state index is 0.296. The van der Waals surface area contributed by atoms with Gasteiger partial charge in [0.25, 0.3) is 0 Å². The minimum Gasteiger partial charge on any atom is -0.379 e. The maximum absolute atomic E-state index is 6.15. The van der Waals surface area contributed by atoms with Gasteiger partial charge >= 0.3 is 0 Å². The van der Waals surface area contributed by atoms with Gasteiger partial charge in [-0.3, -0.25) is 0 Å². The van der Waals surface area contributed by atoms with Crippen molar-refractivity contribution in [2.24, 2.45) is 0 Å². The van der Waals surface area contributed by atoms with Crippen molar-refractivity contribution >= 4 is 45.8 Å². The summed E-state index contributed by atoms with van der Waals surface area (Å²) in [6.07, 6.45) is 2.87. The van der Waals surface area contributed by atoms with Crippen LogP contribution in [0, 0.1) is 0 Å². The summed E-state index contributed by atoms with van der Waals surface area (Å²) in [6.45, 7) is 1.54. The van der Waals surface area contributed by atoms with Gasteiger partial charge < -0.3 is 9.30 Å². The molecule has 0 bridgehead atoms. The van der Waals surface area contributed by atoms with E-state index in [9.17, 15) is 0 Å². The maximum Gasteiger partial charge on any atom is 0.111 e. The van der Waals surface area contributed by atoms with Crippen molar-refractivity contribution in [3.05, 3.63) is 28.0 Å². The van der Waals surface area contributed by atoms with Crippen LogP contribution in [0.1, 0.15) is 24.7 Å². The Labute approximate surface area is 132 Å². The van der Waals surface area contributed by atoms with E-state index in [1.807, 2.05) is 12.1 Å². The monoisotopic (exact) mass is 332 g/mol. The van der Waals surface area contributed by atoms with Crippen molar-refractivity contribution in [2.75, 3.05) is 19.1 Å². The van der Waals surface area contributed by atoms with E-state index < -0.39 is 0 Å². The molecule has 1 saturated heterocycles. The lowest BCUT2D eigenvalue weighted by atomic mass is 10.1. The quantitative estimate of drug-likeness (QED) is 0.775. The van der Waals surface area contributed by atoms with E-state index in [1.54, 1.807) is 0 Å². The summed E-state index contributed by atoms with van der Waals surface area (Å²) in [5.74, 6) is 1.52. The fraction of sp³-hybridized carbons (Fsp3) is 0.500. The zero-order valence-corrected chi connectivity index (χ0v) is 13.2. The molecule has 1 fully saturated rings. The SMILES string of the molecule is ClCCc1nc2cc(Cl)c(Cl)cc2n1C1CCCOC1. The number of imidazole rings is 1. The Morgan fingerprint density at radius 3 is 2.80 bits per heavy atom. The lowest BCUT2D eigenvalue weighted by Gasteiger charge is -2.25. The number of ether oxygens (including phenoxy) is 1. The average Bonchev–Trinajstić information content (AvgIpc) is 2.78. The Bertz CT molecular complexity index is 620. The van der Waals surface area contributed by atoms with Crippen molar-refractivity contribution in [1.29, 1.82) is 0 Å². The first kappa shape index (κ1) is 14.5. The predicted molar refractivity (Wildman–Crippen MR) is 83.3 cm³/mol. The van der Waals surface area contributed by atoms with Gasteiger partial charge in [-0.05, 0) is 25.0 Å². The first-order valence-corrected chi connectivity index (χ1v) is 7.99. The molecule has 1 atom stereocenters. The van der Waals surface area contributed by atoms with E-state index in [1.165, 1.54) is 0 Å². The lowest BCUT2D eigenvalue weighted by Crippen LogP contribution is -2.23. The van der Waals surface area contributed by atoms with Gasteiger partial charge in [-0.15, -0.1) is 11.6 Å². The van der Waals surface area contributed by atoms with E-state index in [0.29, 0.717) is 28.6 Å². The molecule has 0 saturated carbocycles. The first-order valence-electron chi connectivity index (χ1n) is 6.70. The van der Waals surface area contributed by atoms with Crippen molar-refractivity contribution in [3.8, 4) is 0 Å². The van der Waals surface area contributed by atoms with Gasteiger partial charge in [0.1, 0.15) is 5.82 Å². The number of nitrogens with zero attached hydrogens (tertiary/aromatic N) is 2. The second-order valence-corrected chi connectivity index (χ2v) is 6.16. The van der Waals surface area contributed by atoms with Crippen LogP contribution in [-0.4, -0.2) is 28.6 Å². The zero-order valence-electron chi connectivity index (χ0n) is 10.9. The van der Waals surface area contributed by atoms with Crippen LogP contribution in [-0.2, 0) is 11.2 Å². The fourth-order valence-electron chi connectivity index (χ4n) is 2.74. The third kappa shape index (κ3) is 2.64. The minimum atomic E-state index is 0.296. The molecule has 3 nitrogen and oxygen atoms in total. The molecule has 2 heterocycles. The average molecular weight is 334 g/mol. The second kappa shape index (κ2) is 6.10. The third-order valence-electron chi connectivity index (χ3n) is 3.62. The van der Waals surface area contributed by atoms with Crippen LogP contribution in [0.4, 0.5) is 0 Å². The molecule has 6 heteroatoms. The summed E-state index contributed by atoms with van der Waals surface area (Å²) >= 11 is 18.1. The normalized spacial score (nSPS) is 19.6. The molecule has 2 aromatic rings. The fourth-order valence-corrected chi connectivity index (χ4v) is 3.22. The number of alkyl halides is 1. The summed E-state index contributed by atoms with van der Waals surface area (Å²) in [5.41, 5.74) is 1.88. The second-order valence-electron chi connectivity index (χ2n) is 4.96. The summed E-state index contributed by atoms with van der Waals surface area (Å²) in [6, 6.07) is 4.00. The van der Waals surface area contributed by atoms with E-state index in [0.717, 1.165) is 42.7 Å². The Hall–Kier alpha value is -0.480. The van der Waals surface area contributed by atoms with Crippen LogP contribution in [0.15, 0.2) is 12.1 Å². The Morgan fingerprint density at radius 1 is 1.30 bits per heavy atom.